The second kappa shape index (κ2) is 6.12. The first-order valence-electron chi connectivity index (χ1n) is 5.35. The normalized spacial score (nSPS) is 12.0. The number of pyridine rings is 1. The molecule has 1 heterocycles. The number of likely N-dealkylation sites (N-methyl/N-ethyl adjacent to an activating group) is 1. The summed E-state index contributed by atoms with van der Waals surface area (Å²) in [6.45, 7) is 2.33. The van der Waals surface area contributed by atoms with E-state index in [1.165, 1.54) is 12.1 Å². The highest BCUT2D eigenvalue weighted by molar-refractivity contribution is 5.61. The van der Waals surface area contributed by atoms with Crippen molar-refractivity contribution >= 4 is 17.3 Å². The lowest BCUT2D eigenvalue weighted by atomic mass is 10.3. The average molecular weight is 255 g/mol. The molecule has 3 N–H and O–H groups in total. The van der Waals surface area contributed by atoms with Gasteiger partial charge in [-0.2, -0.15) is 0 Å². The fourth-order valence-corrected chi connectivity index (χ4v) is 1.49. The average Bonchev–Trinajstić information content (AvgIpc) is 2.37. The fraction of sp³-hybridized carbons (Fsp3) is 0.500. The third kappa shape index (κ3) is 3.05. The van der Waals surface area contributed by atoms with Crippen LogP contribution in [0.1, 0.15) is 6.92 Å². The third-order valence-corrected chi connectivity index (χ3v) is 2.60. The van der Waals surface area contributed by atoms with E-state index < -0.39 is 4.92 Å². The molecule has 8 heteroatoms. The number of hydrogen-bond donors (Lipinski definition) is 2. The Morgan fingerprint density at radius 1 is 1.67 bits per heavy atom. The van der Waals surface area contributed by atoms with Gasteiger partial charge in [-0.3, -0.25) is 10.1 Å². The molecule has 0 aliphatic rings. The molecule has 1 rings (SSSR count). The quantitative estimate of drug-likeness (QED) is 0.438. The number of rotatable bonds is 6. The van der Waals surface area contributed by atoms with E-state index in [0.717, 1.165) is 0 Å². The number of hydrogen-bond acceptors (Lipinski definition) is 7. The molecule has 0 aliphatic carbocycles. The first-order chi connectivity index (χ1) is 8.51. The van der Waals surface area contributed by atoms with Crippen molar-refractivity contribution in [3.63, 3.8) is 0 Å². The van der Waals surface area contributed by atoms with Gasteiger partial charge >= 0.3 is 5.69 Å². The summed E-state index contributed by atoms with van der Waals surface area (Å²) in [4.78, 5) is 16.3. The topological polar surface area (TPSA) is 107 Å². The zero-order valence-electron chi connectivity index (χ0n) is 10.6. The lowest BCUT2D eigenvalue weighted by Gasteiger charge is -2.25. The molecule has 8 nitrogen and oxygen atoms in total. The van der Waals surface area contributed by atoms with E-state index in [2.05, 4.69) is 10.4 Å². The van der Waals surface area contributed by atoms with E-state index in [4.69, 9.17) is 10.6 Å². The highest BCUT2D eigenvalue weighted by atomic mass is 16.6. The van der Waals surface area contributed by atoms with Gasteiger partial charge in [0.15, 0.2) is 0 Å². The molecule has 18 heavy (non-hydrogen) atoms. The van der Waals surface area contributed by atoms with E-state index >= 15 is 0 Å². The number of aromatic nitrogens is 1. The van der Waals surface area contributed by atoms with Gasteiger partial charge in [-0.15, -0.1) is 0 Å². The summed E-state index contributed by atoms with van der Waals surface area (Å²) in [5.41, 5.74) is 2.30. The number of nitrogen functional groups attached to an aromatic ring is 1. The van der Waals surface area contributed by atoms with Crippen molar-refractivity contribution in [2.24, 2.45) is 5.84 Å². The first-order valence-corrected chi connectivity index (χ1v) is 5.35. The van der Waals surface area contributed by atoms with Crippen LogP contribution in [0, 0.1) is 10.1 Å². The van der Waals surface area contributed by atoms with Gasteiger partial charge in [0.05, 0.1) is 17.6 Å². The summed E-state index contributed by atoms with van der Waals surface area (Å²) >= 11 is 0. The Hall–Kier alpha value is -1.93. The predicted octanol–water partition coefficient (Wildman–Crippen LogP) is 0.747. The monoisotopic (exact) mass is 255 g/mol. The largest absolute Gasteiger partial charge is 0.383 e. The molecule has 0 spiro atoms. The Morgan fingerprint density at radius 3 is 2.83 bits per heavy atom. The molecule has 0 aromatic carbocycles. The van der Waals surface area contributed by atoms with Gasteiger partial charge in [-0.05, 0) is 13.0 Å². The van der Waals surface area contributed by atoms with Crippen LogP contribution in [-0.4, -0.2) is 36.7 Å². The van der Waals surface area contributed by atoms with Gasteiger partial charge < -0.3 is 15.1 Å². The van der Waals surface area contributed by atoms with Crippen LogP contribution in [0.2, 0.25) is 0 Å². The number of methoxy groups -OCH3 is 1. The van der Waals surface area contributed by atoms with E-state index in [-0.39, 0.29) is 17.5 Å². The van der Waals surface area contributed by atoms with E-state index in [9.17, 15) is 10.1 Å². The maximum Gasteiger partial charge on any atom is 0.311 e. The molecule has 100 valence electrons. The fourth-order valence-electron chi connectivity index (χ4n) is 1.49. The summed E-state index contributed by atoms with van der Waals surface area (Å²) in [5, 5.41) is 11.0. The van der Waals surface area contributed by atoms with E-state index in [1.54, 1.807) is 19.1 Å². The van der Waals surface area contributed by atoms with Gasteiger partial charge in [-0.1, -0.05) is 0 Å². The van der Waals surface area contributed by atoms with Crippen molar-refractivity contribution in [3.8, 4) is 0 Å². The lowest BCUT2D eigenvalue weighted by Crippen LogP contribution is -2.33. The first kappa shape index (κ1) is 14.1. The molecule has 1 aromatic rings. The molecule has 0 bridgehead atoms. The second-order valence-corrected chi connectivity index (χ2v) is 3.86. The highest BCUT2D eigenvalue weighted by Gasteiger charge is 2.22. The van der Waals surface area contributed by atoms with Crippen LogP contribution < -0.4 is 16.2 Å². The molecule has 0 saturated heterocycles. The van der Waals surface area contributed by atoms with Crippen LogP contribution in [-0.2, 0) is 4.74 Å². The van der Waals surface area contributed by atoms with Crippen molar-refractivity contribution in [2.45, 2.75) is 13.0 Å². The van der Waals surface area contributed by atoms with Crippen LogP contribution in [0.25, 0.3) is 0 Å². The molecule has 1 atom stereocenters. The maximum atomic E-state index is 11.0. The summed E-state index contributed by atoms with van der Waals surface area (Å²) < 4.78 is 5.02. The minimum Gasteiger partial charge on any atom is -0.383 e. The molecule has 0 amide bonds. The SMILES string of the molecule is COCC(C)N(C)c1nc(NN)ccc1[N+](=O)[O-]. The Balaban J connectivity index is 3.14. The Bertz CT molecular complexity index is 426. The van der Waals surface area contributed by atoms with Crippen LogP contribution in [0.5, 0.6) is 0 Å². The lowest BCUT2D eigenvalue weighted by molar-refractivity contribution is -0.384. The molecule has 1 unspecified atom stereocenters. The zero-order valence-corrected chi connectivity index (χ0v) is 10.6. The summed E-state index contributed by atoms with van der Waals surface area (Å²) in [7, 11) is 3.29. The standard InChI is InChI=1S/C10H17N5O3/c1-7(6-18-3)14(2)10-8(15(16)17)4-5-9(12-10)13-11/h4-5,7H,6,11H2,1-3H3,(H,12,13). The molecule has 0 radical (unpaired) electrons. The number of nitrogens with two attached hydrogens (primary N) is 1. The van der Waals surface area contributed by atoms with Crippen molar-refractivity contribution in [3.05, 3.63) is 22.2 Å². The van der Waals surface area contributed by atoms with Crippen molar-refractivity contribution in [1.29, 1.82) is 0 Å². The van der Waals surface area contributed by atoms with Crippen LogP contribution in [0.4, 0.5) is 17.3 Å². The van der Waals surface area contributed by atoms with Crippen LogP contribution in [0.3, 0.4) is 0 Å². The summed E-state index contributed by atoms with van der Waals surface area (Å²) in [5.74, 6) is 5.87. The molecule has 0 saturated carbocycles. The Labute approximate surface area is 105 Å². The minimum absolute atomic E-state index is 0.0470. The highest BCUT2D eigenvalue weighted by Crippen LogP contribution is 2.27. The van der Waals surface area contributed by atoms with Gasteiger partial charge in [0.25, 0.3) is 0 Å². The van der Waals surface area contributed by atoms with Crippen molar-refractivity contribution in [1.82, 2.24) is 4.98 Å². The molecular formula is C10H17N5O3. The second-order valence-electron chi connectivity index (χ2n) is 3.86. The Kier molecular flexibility index (Phi) is 4.81. The summed E-state index contributed by atoms with van der Waals surface area (Å²) in [6, 6.07) is 2.78. The zero-order chi connectivity index (χ0) is 13.7. The van der Waals surface area contributed by atoms with Crippen molar-refractivity contribution < 1.29 is 9.66 Å². The van der Waals surface area contributed by atoms with Gasteiger partial charge in [0.2, 0.25) is 5.82 Å². The van der Waals surface area contributed by atoms with Crippen LogP contribution in [0.15, 0.2) is 12.1 Å². The molecule has 0 aliphatic heterocycles. The van der Waals surface area contributed by atoms with Crippen LogP contribution >= 0.6 is 0 Å². The molecule has 0 fully saturated rings. The van der Waals surface area contributed by atoms with Crippen molar-refractivity contribution in [2.75, 3.05) is 31.1 Å². The molecule has 1 aromatic heterocycles. The van der Waals surface area contributed by atoms with E-state index in [0.29, 0.717) is 12.4 Å². The Morgan fingerprint density at radius 2 is 2.33 bits per heavy atom. The number of nitro groups is 1. The number of hydrazine groups is 1. The third-order valence-electron chi connectivity index (χ3n) is 2.60. The van der Waals surface area contributed by atoms with Gasteiger partial charge in [-0.25, -0.2) is 10.8 Å². The van der Waals surface area contributed by atoms with Gasteiger partial charge in [0, 0.05) is 20.2 Å². The predicted molar refractivity (Wildman–Crippen MR) is 68.4 cm³/mol. The number of nitrogens with zero attached hydrogens (tertiary/aromatic N) is 3. The molecular weight excluding hydrogens is 238 g/mol. The van der Waals surface area contributed by atoms with Gasteiger partial charge in [0.1, 0.15) is 5.82 Å². The number of anilines is 2. The maximum absolute atomic E-state index is 11.0. The smallest absolute Gasteiger partial charge is 0.311 e. The number of ether oxygens (including phenoxy) is 1. The number of nitrogens with one attached hydrogen (secondary N) is 1. The minimum atomic E-state index is -0.474. The van der Waals surface area contributed by atoms with E-state index in [1.807, 2.05) is 6.92 Å². The summed E-state index contributed by atoms with van der Waals surface area (Å²) in [6.07, 6.45) is 0.